The molecule has 1 aliphatic heterocycles. The van der Waals surface area contributed by atoms with Crippen LogP contribution in [0.2, 0.25) is 0 Å². The summed E-state index contributed by atoms with van der Waals surface area (Å²) in [6.45, 7) is 3.80. The number of aryl methyl sites for hydroxylation is 1. The van der Waals surface area contributed by atoms with Gasteiger partial charge in [-0.15, -0.1) is 0 Å². The molecule has 72 valence electrons. The fourth-order valence-electron chi connectivity index (χ4n) is 1.46. The van der Waals surface area contributed by atoms with Crippen LogP contribution < -0.4 is 4.90 Å². The third-order valence-corrected chi connectivity index (χ3v) is 3.11. The van der Waals surface area contributed by atoms with Crippen molar-refractivity contribution in [1.29, 1.82) is 0 Å². The van der Waals surface area contributed by atoms with E-state index in [4.69, 9.17) is 4.74 Å². The Kier molecular flexibility index (Phi) is 2.46. The van der Waals surface area contributed by atoms with E-state index in [9.17, 15) is 0 Å². The second kappa shape index (κ2) is 3.59. The van der Waals surface area contributed by atoms with Gasteiger partial charge in [0.2, 0.25) is 5.13 Å². The van der Waals surface area contributed by atoms with Crippen molar-refractivity contribution in [2.24, 2.45) is 0 Å². The van der Waals surface area contributed by atoms with Crippen LogP contribution in [0.3, 0.4) is 0 Å². The lowest BCUT2D eigenvalue weighted by molar-refractivity contribution is 0.157. The van der Waals surface area contributed by atoms with Crippen molar-refractivity contribution in [2.75, 3.05) is 25.2 Å². The molecule has 1 saturated heterocycles. The molecular weight excluding hydrogens is 186 g/mol. The van der Waals surface area contributed by atoms with E-state index in [1.54, 1.807) is 7.11 Å². The molecule has 0 amide bonds. The maximum absolute atomic E-state index is 5.12. The lowest BCUT2D eigenvalue weighted by Gasteiger charge is -2.40. The van der Waals surface area contributed by atoms with E-state index >= 15 is 0 Å². The zero-order valence-corrected chi connectivity index (χ0v) is 8.67. The number of nitrogens with zero attached hydrogens (tertiary/aromatic N) is 3. The van der Waals surface area contributed by atoms with Crippen LogP contribution in [0.4, 0.5) is 5.13 Å². The summed E-state index contributed by atoms with van der Waals surface area (Å²) in [5, 5.41) is 1.03. The standard InChI is InChI=1S/C8H13N3OS/c1-6-9-8(13-10-6)11-4-3-7(11)5-12-2/h7H,3-5H2,1-2H3. The van der Waals surface area contributed by atoms with Gasteiger partial charge in [0, 0.05) is 25.2 Å². The van der Waals surface area contributed by atoms with Crippen LogP contribution in [0.15, 0.2) is 0 Å². The van der Waals surface area contributed by atoms with Gasteiger partial charge in [0.05, 0.1) is 12.6 Å². The molecule has 0 aliphatic carbocycles. The summed E-state index contributed by atoms with van der Waals surface area (Å²) >= 11 is 1.47. The van der Waals surface area contributed by atoms with Gasteiger partial charge in [0.1, 0.15) is 5.82 Å². The molecule has 0 radical (unpaired) electrons. The molecule has 1 unspecified atom stereocenters. The Morgan fingerprint density at radius 1 is 1.69 bits per heavy atom. The zero-order chi connectivity index (χ0) is 9.26. The zero-order valence-electron chi connectivity index (χ0n) is 7.86. The summed E-state index contributed by atoms with van der Waals surface area (Å²) in [5.41, 5.74) is 0. The molecule has 1 aromatic rings. The first-order chi connectivity index (χ1) is 6.31. The fraction of sp³-hybridized carbons (Fsp3) is 0.750. The first-order valence-corrected chi connectivity index (χ1v) is 5.14. The van der Waals surface area contributed by atoms with Crippen molar-refractivity contribution in [1.82, 2.24) is 9.36 Å². The number of hydrogen-bond acceptors (Lipinski definition) is 5. The summed E-state index contributed by atoms with van der Waals surface area (Å²) in [7, 11) is 1.74. The minimum absolute atomic E-state index is 0.511. The maximum atomic E-state index is 5.12. The number of aromatic nitrogens is 2. The molecule has 0 spiro atoms. The number of methoxy groups -OCH3 is 1. The molecule has 1 atom stereocenters. The predicted molar refractivity (Wildman–Crippen MR) is 52.3 cm³/mol. The smallest absolute Gasteiger partial charge is 0.205 e. The normalized spacial score (nSPS) is 21.7. The summed E-state index contributed by atoms with van der Waals surface area (Å²) in [6.07, 6.45) is 1.20. The van der Waals surface area contributed by atoms with E-state index in [-0.39, 0.29) is 0 Å². The van der Waals surface area contributed by atoms with Gasteiger partial charge in [-0.2, -0.15) is 4.37 Å². The molecular formula is C8H13N3OS. The minimum atomic E-state index is 0.511. The maximum Gasteiger partial charge on any atom is 0.205 e. The molecule has 2 rings (SSSR count). The molecule has 1 aromatic heterocycles. The molecule has 2 heterocycles. The summed E-state index contributed by atoms with van der Waals surface area (Å²) in [5.74, 6) is 0.864. The Labute approximate surface area is 81.7 Å². The Morgan fingerprint density at radius 2 is 2.54 bits per heavy atom. The second-order valence-electron chi connectivity index (χ2n) is 3.22. The number of hydrogen-bond donors (Lipinski definition) is 0. The SMILES string of the molecule is COCC1CCN1c1nc(C)ns1. The topological polar surface area (TPSA) is 38.2 Å². The average Bonchev–Trinajstić information content (AvgIpc) is 2.45. The largest absolute Gasteiger partial charge is 0.383 e. The molecule has 0 N–H and O–H groups in total. The van der Waals surface area contributed by atoms with E-state index in [0.29, 0.717) is 6.04 Å². The van der Waals surface area contributed by atoms with Crippen LogP contribution >= 0.6 is 11.5 Å². The molecule has 0 saturated carbocycles. The van der Waals surface area contributed by atoms with Crippen molar-refractivity contribution in [3.05, 3.63) is 5.82 Å². The van der Waals surface area contributed by atoms with Crippen LogP contribution in [-0.4, -0.2) is 35.7 Å². The number of anilines is 1. The lowest BCUT2D eigenvalue weighted by Crippen LogP contribution is -2.50. The summed E-state index contributed by atoms with van der Waals surface area (Å²) < 4.78 is 9.28. The van der Waals surface area contributed by atoms with E-state index in [1.807, 2.05) is 6.92 Å². The van der Waals surface area contributed by atoms with Crippen molar-refractivity contribution in [3.8, 4) is 0 Å². The highest BCUT2D eigenvalue weighted by molar-refractivity contribution is 7.09. The Balaban J connectivity index is 2.01. The van der Waals surface area contributed by atoms with Crippen molar-refractivity contribution < 1.29 is 4.74 Å². The van der Waals surface area contributed by atoms with E-state index in [1.165, 1.54) is 18.0 Å². The van der Waals surface area contributed by atoms with Crippen LogP contribution in [0.25, 0.3) is 0 Å². The van der Waals surface area contributed by atoms with Crippen LogP contribution in [0.1, 0.15) is 12.2 Å². The van der Waals surface area contributed by atoms with Crippen LogP contribution in [0.5, 0.6) is 0 Å². The van der Waals surface area contributed by atoms with Gasteiger partial charge in [-0.25, -0.2) is 4.98 Å². The van der Waals surface area contributed by atoms with E-state index < -0.39 is 0 Å². The molecule has 13 heavy (non-hydrogen) atoms. The van der Waals surface area contributed by atoms with Crippen molar-refractivity contribution in [2.45, 2.75) is 19.4 Å². The first-order valence-electron chi connectivity index (χ1n) is 4.37. The average molecular weight is 199 g/mol. The van der Waals surface area contributed by atoms with Crippen LogP contribution in [-0.2, 0) is 4.74 Å². The Hall–Kier alpha value is -0.680. The molecule has 1 fully saturated rings. The van der Waals surface area contributed by atoms with Gasteiger partial charge in [-0.05, 0) is 13.3 Å². The highest BCUT2D eigenvalue weighted by Gasteiger charge is 2.30. The molecule has 1 aliphatic rings. The van der Waals surface area contributed by atoms with Gasteiger partial charge >= 0.3 is 0 Å². The quantitative estimate of drug-likeness (QED) is 0.730. The Morgan fingerprint density at radius 3 is 3.00 bits per heavy atom. The van der Waals surface area contributed by atoms with Gasteiger partial charge in [0.25, 0.3) is 0 Å². The highest BCUT2D eigenvalue weighted by atomic mass is 32.1. The minimum Gasteiger partial charge on any atom is -0.383 e. The molecule has 0 bridgehead atoms. The second-order valence-corrected chi connectivity index (χ2v) is 3.95. The highest BCUT2D eigenvalue weighted by Crippen LogP contribution is 2.27. The third-order valence-electron chi connectivity index (χ3n) is 2.27. The third kappa shape index (κ3) is 1.66. The first kappa shape index (κ1) is 8.90. The fourth-order valence-corrected chi connectivity index (χ4v) is 2.23. The molecule has 5 heteroatoms. The van der Waals surface area contributed by atoms with Gasteiger partial charge < -0.3 is 9.64 Å². The van der Waals surface area contributed by atoms with Gasteiger partial charge in [-0.3, -0.25) is 0 Å². The lowest BCUT2D eigenvalue weighted by atomic mass is 10.1. The van der Waals surface area contributed by atoms with Crippen LogP contribution in [0, 0.1) is 6.92 Å². The summed E-state index contributed by atoms with van der Waals surface area (Å²) in [4.78, 5) is 6.60. The van der Waals surface area contributed by atoms with E-state index in [0.717, 1.165) is 24.1 Å². The Bertz CT molecular complexity index is 289. The molecule has 0 aromatic carbocycles. The summed E-state index contributed by atoms with van der Waals surface area (Å²) in [6, 6.07) is 0.511. The van der Waals surface area contributed by atoms with Gasteiger partial charge in [-0.1, -0.05) is 0 Å². The van der Waals surface area contributed by atoms with E-state index in [2.05, 4.69) is 14.3 Å². The predicted octanol–water partition coefficient (Wildman–Crippen LogP) is 1.07. The molecule has 4 nitrogen and oxygen atoms in total. The number of ether oxygens (including phenoxy) is 1. The van der Waals surface area contributed by atoms with Gasteiger partial charge in [0.15, 0.2) is 0 Å². The monoisotopic (exact) mass is 199 g/mol. The van der Waals surface area contributed by atoms with Crippen molar-refractivity contribution >= 4 is 16.7 Å². The van der Waals surface area contributed by atoms with Crippen molar-refractivity contribution in [3.63, 3.8) is 0 Å². The number of rotatable bonds is 3.